The molecule has 0 spiro atoms. The Labute approximate surface area is 102 Å². The second kappa shape index (κ2) is 5.07. The third kappa shape index (κ3) is 2.35. The van der Waals surface area contributed by atoms with Crippen LogP contribution >= 0.6 is 11.3 Å². The molecule has 2 rings (SSSR count). The lowest BCUT2D eigenvalue weighted by atomic mass is 10.2. The molecular formula is C12H11NO3S. The molecule has 0 radical (unpaired) electrons. The van der Waals surface area contributed by atoms with Crippen LogP contribution in [0.25, 0.3) is 10.1 Å². The Kier molecular flexibility index (Phi) is 3.51. The predicted octanol–water partition coefficient (Wildman–Crippen LogP) is 1.38. The van der Waals surface area contributed by atoms with Gasteiger partial charge in [-0.15, -0.1) is 0 Å². The van der Waals surface area contributed by atoms with E-state index in [0.717, 1.165) is 16.0 Å². The van der Waals surface area contributed by atoms with Gasteiger partial charge in [-0.2, -0.15) is 0 Å². The summed E-state index contributed by atoms with van der Waals surface area (Å²) in [6, 6.07) is 7.10. The molecule has 5 heteroatoms. The van der Waals surface area contributed by atoms with Gasteiger partial charge in [0.15, 0.2) is 5.06 Å². The van der Waals surface area contributed by atoms with Crippen LogP contribution in [0.5, 0.6) is 5.06 Å². The highest BCUT2D eigenvalue weighted by molar-refractivity contribution is 7.20. The van der Waals surface area contributed by atoms with Crippen molar-refractivity contribution in [1.82, 2.24) is 0 Å². The van der Waals surface area contributed by atoms with Crippen LogP contribution in [0.3, 0.4) is 0 Å². The van der Waals surface area contributed by atoms with Crippen molar-refractivity contribution in [3.8, 4) is 5.06 Å². The third-order valence-corrected chi connectivity index (χ3v) is 3.25. The fraction of sp³-hybridized carbons (Fsp3) is 0.167. The van der Waals surface area contributed by atoms with Crippen molar-refractivity contribution in [1.29, 1.82) is 0 Å². The lowest BCUT2D eigenvalue weighted by Crippen LogP contribution is -2.08. The molecule has 0 bridgehead atoms. The maximum Gasteiger partial charge on any atom is 0.200 e. The number of hydrogen-bond acceptors (Lipinski definition) is 5. The summed E-state index contributed by atoms with van der Waals surface area (Å²) in [5.74, 6) is 0. The van der Waals surface area contributed by atoms with E-state index < -0.39 is 0 Å². The highest BCUT2D eigenvalue weighted by Crippen LogP contribution is 2.26. The Morgan fingerprint density at radius 1 is 1.35 bits per heavy atom. The van der Waals surface area contributed by atoms with E-state index in [0.29, 0.717) is 5.39 Å². The minimum absolute atomic E-state index is 0.0459. The standard InChI is InChI=1S/C12H11NO3S/c14-6-5-13-7-9-11(15)8-3-1-2-4-10(8)17-12(9)16/h1-4,7,14,16H,5-6H2. The maximum absolute atomic E-state index is 12.0. The van der Waals surface area contributed by atoms with Gasteiger partial charge in [0, 0.05) is 16.3 Å². The van der Waals surface area contributed by atoms with Gasteiger partial charge in [0.2, 0.25) is 5.43 Å². The van der Waals surface area contributed by atoms with Crippen molar-refractivity contribution < 1.29 is 10.2 Å². The first-order valence-corrected chi connectivity index (χ1v) is 5.91. The molecule has 0 saturated heterocycles. The molecule has 0 unspecified atom stereocenters. The zero-order chi connectivity index (χ0) is 12.3. The molecule has 4 nitrogen and oxygen atoms in total. The van der Waals surface area contributed by atoms with Gasteiger partial charge in [-0.1, -0.05) is 23.5 Å². The summed E-state index contributed by atoms with van der Waals surface area (Å²) >= 11 is 1.14. The summed E-state index contributed by atoms with van der Waals surface area (Å²) < 4.78 is 0.745. The Morgan fingerprint density at radius 2 is 2.12 bits per heavy atom. The molecule has 2 N–H and O–H groups in total. The number of aliphatic hydroxyl groups excluding tert-OH is 1. The summed E-state index contributed by atoms with van der Waals surface area (Å²) in [5.41, 5.74) is -0.0549. The average molecular weight is 249 g/mol. The van der Waals surface area contributed by atoms with Crippen LogP contribution in [0, 0.1) is 0 Å². The fourth-order valence-corrected chi connectivity index (χ4v) is 2.35. The SMILES string of the molecule is O=c1c(C=NCCO)c(O)sc2ccccc12. The summed E-state index contributed by atoms with van der Waals surface area (Å²) in [5, 5.41) is 18.9. The Bertz CT molecular complexity index is 619. The molecule has 17 heavy (non-hydrogen) atoms. The first kappa shape index (κ1) is 11.8. The van der Waals surface area contributed by atoms with Gasteiger partial charge in [-0.25, -0.2) is 0 Å². The van der Waals surface area contributed by atoms with Gasteiger partial charge in [-0.3, -0.25) is 9.79 Å². The molecule has 0 aliphatic heterocycles. The van der Waals surface area contributed by atoms with E-state index >= 15 is 0 Å². The van der Waals surface area contributed by atoms with Crippen molar-refractivity contribution in [3.63, 3.8) is 0 Å². The maximum atomic E-state index is 12.0. The van der Waals surface area contributed by atoms with Gasteiger partial charge in [-0.05, 0) is 12.1 Å². The van der Waals surface area contributed by atoms with Crippen LogP contribution in [0.15, 0.2) is 34.1 Å². The largest absolute Gasteiger partial charge is 0.499 e. The Hall–Kier alpha value is -1.72. The van der Waals surface area contributed by atoms with E-state index in [1.54, 1.807) is 18.2 Å². The molecule has 1 heterocycles. The van der Waals surface area contributed by atoms with Crippen molar-refractivity contribution in [2.45, 2.75) is 0 Å². The molecule has 0 saturated carbocycles. The molecule has 1 aromatic carbocycles. The minimum Gasteiger partial charge on any atom is -0.499 e. The van der Waals surface area contributed by atoms with Crippen molar-refractivity contribution in [2.75, 3.05) is 13.2 Å². The number of hydrogen-bond donors (Lipinski definition) is 2. The quantitative estimate of drug-likeness (QED) is 0.807. The third-order valence-electron chi connectivity index (χ3n) is 2.26. The van der Waals surface area contributed by atoms with E-state index in [1.165, 1.54) is 6.21 Å². The normalized spacial score (nSPS) is 11.4. The van der Waals surface area contributed by atoms with Gasteiger partial charge < -0.3 is 10.2 Å². The molecule has 0 amide bonds. The predicted molar refractivity (Wildman–Crippen MR) is 69.3 cm³/mol. The van der Waals surface area contributed by atoms with E-state index in [2.05, 4.69) is 4.99 Å². The zero-order valence-electron chi connectivity index (χ0n) is 8.96. The summed E-state index contributed by atoms with van der Waals surface area (Å²) in [4.78, 5) is 15.9. The second-order valence-electron chi connectivity index (χ2n) is 3.41. The number of aliphatic imine (C=N–C) groups is 1. The van der Waals surface area contributed by atoms with Crippen LogP contribution in [-0.2, 0) is 0 Å². The minimum atomic E-state index is -0.237. The first-order chi connectivity index (χ1) is 8.24. The summed E-state index contributed by atoms with van der Waals surface area (Å²) in [6.07, 6.45) is 1.32. The second-order valence-corrected chi connectivity index (χ2v) is 4.44. The smallest absolute Gasteiger partial charge is 0.200 e. The molecule has 0 fully saturated rings. The summed E-state index contributed by atoms with van der Waals surface area (Å²) in [6.45, 7) is 0.138. The number of aromatic hydroxyl groups is 1. The van der Waals surface area contributed by atoms with E-state index in [4.69, 9.17) is 5.11 Å². The number of aliphatic hydroxyl groups is 1. The van der Waals surface area contributed by atoms with Crippen LogP contribution in [0.4, 0.5) is 0 Å². The van der Waals surface area contributed by atoms with Crippen molar-refractivity contribution >= 4 is 27.6 Å². The van der Waals surface area contributed by atoms with Gasteiger partial charge in [0.25, 0.3) is 0 Å². The van der Waals surface area contributed by atoms with Gasteiger partial charge >= 0.3 is 0 Å². The number of benzene rings is 1. The fourth-order valence-electron chi connectivity index (χ4n) is 1.47. The molecule has 0 atom stereocenters. The van der Waals surface area contributed by atoms with Gasteiger partial charge in [0.1, 0.15) is 0 Å². The molecular weight excluding hydrogens is 238 g/mol. The highest BCUT2D eigenvalue weighted by atomic mass is 32.1. The number of fused-ring (bicyclic) bond motifs is 1. The monoisotopic (exact) mass is 249 g/mol. The lowest BCUT2D eigenvalue weighted by Gasteiger charge is -2.00. The van der Waals surface area contributed by atoms with Gasteiger partial charge in [0.05, 0.1) is 18.7 Å². The zero-order valence-corrected chi connectivity index (χ0v) is 9.78. The number of rotatable bonds is 3. The molecule has 88 valence electrons. The molecule has 0 aliphatic rings. The van der Waals surface area contributed by atoms with Crippen molar-refractivity contribution in [3.05, 3.63) is 40.1 Å². The summed E-state index contributed by atoms with van der Waals surface area (Å²) in [7, 11) is 0. The average Bonchev–Trinajstić information content (AvgIpc) is 2.33. The Balaban J connectivity index is 2.60. The molecule has 1 aromatic heterocycles. The highest BCUT2D eigenvalue weighted by Gasteiger charge is 2.09. The topological polar surface area (TPSA) is 69.9 Å². The van der Waals surface area contributed by atoms with Crippen LogP contribution in [0.2, 0.25) is 0 Å². The number of nitrogens with zero attached hydrogens (tertiary/aromatic N) is 1. The van der Waals surface area contributed by atoms with E-state index in [-0.39, 0.29) is 29.2 Å². The Morgan fingerprint density at radius 3 is 2.88 bits per heavy atom. The van der Waals surface area contributed by atoms with E-state index in [1.807, 2.05) is 6.07 Å². The molecule has 2 aromatic rings. The van der Waals surface area contributed by atoms with Crippen LogP contribution in [0.1, 0.15) is 5.56 Å². The first-order valence-electron chi connectivity index (χ1n) is 5.09. The lowest BCUT2D eigenvalue weighted by molar-refractivity contribution is 0.307. The van der Waals surface area contributed by atoms with Crippen molar-refractivity contribution in [2.24, 2.45) is 4.99 Å². The van der Waals surface area contributed by atoms with E-state index in [9.17, 15) is 9.90 Å². The molecule has 0 aliphatic carbocycles. The van der Waals surface area contributed by atoms with Crippen LogP contribution < -0.4 is 5.43 Å². The van der Waals surface area contributed by atoms with Crippen LogP contribution in [-0.4, -0.2) is 29.6 Å².